The average Bonchev–Trinajstić information content (AvgIpc) is 2.28. The molecule has 5 heteroatoms. The summed E-state index contributed by atoms with van der Waals surface area (Å²) in [5.74, 6) is -0.674. The molecule has 0 bridgehead atoms. The highest BCUT2D eigenvalue weighted by atomic mass is 31.0. The van der Waals surface area contributed by atoms with Gasteiger partial charge in [0.05, 0.1) is 0 Å². The summed E-state index contributed by atoms with van der Waals surface area (Å²) >= 11 is 0. The molecule has 0 radical (unpaired) electrons. The van der Waals surface area contributed by atoms with Crippen molar-refractivity contribution < 1.29 is 13.2 Å². The maximum Gasteiger partial charge on any atom is 0.138 e. The third-order valence-electron chi connectivity index (χ3n) is 4.37. The van der Waals surface area contributed by atoms with Crippen LogP contribution < -0.4 is 0 Å². The Bertz CT molecular complexity index is 264. The fourth-order valence-electron chi connectivity index (χ4n) is 3.28. The highest BCUT2D eigenvalue weighted by Gasteiger charge is 2.45. The van der Waals surface area contributed by atoms with E-state index in [-0.39, 0.29) is 11.6 Å². The van der Waals surface area contributed by atoms with E-state index in [0.29, 0.717) is 31.3 Å². The van der Waals surface area contributed by atoms with Gasteiger partial charge >= 0.3 is 0 Å². The Morgan fingerprint density at radius 1 is 0.765 bits per heavy atom. The number of hydrogen-bond acceptors (Lipinski definition) is 0. The monoisotopic (exact) mass is 284 g/mol. The molecule has 2 aliphatic carbocycles. The lowest BCUT2D eigenvalue weighted by Gasteiger charge is -2.41. The number of alkyl halides is 3. The molecule has 0 aliphatic heterocycles. The van der Waals surface area contributed by atoms with E-state index in [1.54, 1.807) is 0 Å². The minimum atomic E-state index is -1.48. The van der Waals surface area contributed by atoms with Crippen molar-refractivity contribution in [3.05, 3.63) is 0 Å². The van der Waals surface area contributed by atoms with E-state index < -0.39 is 24.4 Å². The molecule has 9 unspecified atom stereocenters. The topological polar surface area (TPSA) is 0 Å². The van der Waals surface area contributed by atoms with Gasteiger partial charge in [0.15, 0.2) is 0 Å². The van der Waals surface area contributed by atoms with Crippen LogP contribution in [0.2, 0.25) is 0 Å². The third kappa shape index (κ3) is 2.98. The van der Waals surface area contributed by atoms with Crippen LogP contribution in [0, 0.1) is 11.8 Å². The summed E-state index contributed by atoms with van der Waals surface area (Å²) in [7, 11) is 5.02. The van der Waals surface area contributed by atoms with E-state index in [2.05, 4.69) is 18.5 Å². The van der Waals surface area contributed by atoms with Gasteiger partial charge in [-0.3, -0.25) is 0 Å². The van der Waals surface area contributed by atoms with Crippen LogP contribution in [-0.4, -0.2) is 29.8 Å². The smallest absolute Gasteiger partial charge is 0.138 e. The van der Waals surface area contributed by atoms with Crippen LogP contribution in [0.25, 0.3) is 0 Å². The first-order chi connectivity index (χ1) is 8.00. The largest absolute Gasteiger partial charge is 0.247 e. The van der Waals surface area contributed by atoms with Gasteiger partial charge in [-0.1, -0.05) is 0 Å². The van der Waals surface area contributed by atoms with Crippen LogP contribution in [0.1, 0.15) is 32.1 Å². The van der Waals surface area contributed by atoms with Crippen LogP contribution >= 0.6 is 18.5 Å². The molecule has 0 saturated heterocycles. The summed E-state index contributed by atoms with van der Waals surface area (Å²) < 4.78 is 41.6. The van der Waals surface area contributed by atoms with Gasteiger partial charge in [-0.2, -0.15) is 0 Å². The maximum atomic E-state index is 14.0. The Labute approximate surface area is 106 Å². The highest BCUT2D eigenvalue weighted by Crippen LogP contribution is 2.44. The molecule has 0 nitrogen and oxygen atoms in total. The minimum Gasteiger partial charge on any atom is -0.247 e. The zero-order valence-electron chi connectivity index (χ0n) is 9.87. The van der Waals surface area contributed by atoms with Gasteiger partial charge < -0.3 is 0 Å². The molecule has 0 aromatic rings. The van der Waals surface area contributed by atoms with Gasteiger partial charge in [0.2, 0.25) is 0 Å². The van der Waals surface area contributed by atoms with Gasteiger partial charge in [-0.15, -0.1) is 18.5 Å². The van der Waals surface area contributed by atoms with E-state index in [1.165, 1.54) is 0 Å². The Morgan fingerprint density at radius 2 is 1.41 bits per heavy atom. The molecule has 0 spiro atoms. The molecule has 2 fully saturated rings. The lowest BCUT2D eigenvalue weighted by molar-refractivity contribution is 0.00105. The normalized spacial score (nSPS) is 52.4. The van der Waals surface area contributed by atoms with Crippen molar-refractivity contribution in [1.29, 1.82) is 0 Å². The summed E-state index contributed by atoms with van der Waals surface area (Å²) in [4.78, 5) is 0. The first-order valence-corrected chi connectivity index (χ1v) is 7.77. The molecule has 17 heavy (non-hydrogen) atoms. The van der Waals surface area contributed by atoms with Crippen molar-refractivity contribution >= 4 is 18.5 Å². The van der Waals surface area contributed by atoms with E-state index in [9.17, 15) is 13.2 Å². The fourth-order valence-corrected chi connectivity index (χ4v) is 4.13. The van der Waals surface area contributed by atoms with Gasteiger partial charge in [0.25, 0.3) is 0 Å². The SMILES string of the molecule is FC1CC(P)CCC1C1CCC(P)C(F)C1F. The Hall–Kier alpha value is 0.650. The molecular formula is C12H21F3P2. The standard InChI is InChI=1S/C12H21F3P2/c13-9-5-6(16)1-2-7(9)8-3-4-10(17)12(15)11(8)14/h6-12H,1-5,16-17H2. The molecule has 9 atom stereocenters. The summed E-state index contributed by atoms with van der Waals surface area (Å²) in [5.41, 5.74) is 0.0101. The van der Waals surface area contributed by atoms with Crippen molar-refractivity contribution in [3.8, 4) is 0 Å². The minimum absolute atomic E-state index is 0.266. The zero-order chi connectivity index (χ0) is 12.6. The van der Waals surface area contributed by atoms with E-state index in [4.69, 9.17) is 0 Å². The van der Waals surface area contributed by atoms with Gasteiger partial charge in [0.1, 0.15) is 18.5 Å². The van der Waals surface area contributed by atoms with E-state index in [0.717, 1.165) is 6.42 Å². The van der Waals surface area contributed by atoms with Crippen molar-refractivity contribution in [2.45, 2.75) is 61.9 Å². The number of rotatable bonds is 1. The molecule has 2 saturated carbocycles. The van der Waals surface area contributed by atoms with Gasteiger partial charge in [-0.05, 0) is 49.6 Å². The zero-order valence-corrected chi connectivity index (χ0v) is 12.2. The van der Waals surface area contributed by atoms with Crippen LogP contribution in [-0.2, 0) is 0 Å². The van der Waals surface area contributed by atoms with Gasteiger partial charge in [-0.25, -0.2) is 13.2 Å². The molecule has 0 aromatic heterocycles. The lowest BCUT2D eigenvalue weighted by Crippen LogP contribution is -2.45. The van der Waals surface area contributed by atoms with Crippen molar-refractivity contribution in [1.82, 2.24) is 0 Å². The van der Waals surface area contributed by atoms with Crippen LogP contribution in [0.3, 0.4) is 0 Å². The predicted molar refractivity (Wildman–Crippen MR) is 71.7 cm³/mol. The summed E-state index contributed by atoms with van der Waals surface area (Å²) in [5, 5.41) is 0. The molecule has 0 heterocycles. The molecule has 0 N–H and O–H groups in total. The first kappa shape index (κ1) is 14.1. The number of hydrogen-bond donors (Lipinski definition) is 0. The first-order valence-electron chi connectivity index (χ1n) is 6.44. The quantitative estimate of drug-likeness (QED) is 0.644. The second kappa shape index (κ2) is 5.74. The Morgan fingerprint density at radius 3 is 2.06 bits per heavy atom. The molecule has 2 rings (SSSR count). The van der Waals surface area contributed by atoms with Crippen LogP contribution in [0.15, 0.2) is 0 Å². The van der Waals surface area contributed by atoms with Crippen molar-refractivity contribution in [3.63, 3.8) is 0 Å². The molecule has 0 amide bonds. The Kier molecular flexibility index (Phi) is 4.75. The van der Waals surface area contributed by atoms with Crippen molar-refractivity contribution in [2.75, 3.05) is 0 Å². The van der Waals surface area contributed by atoms with Crippen LogP contribution in [0.4, 0.5) is 13.2 Å². The van der Waals surface area contributed by atoms with Crippen LogP contribution in [0.5, 0.6) is 0 Å². The second-order valence-corrected chi connectivity index (χ2v) is 7.35. The summed E-state index contributed by atoms with van der Waals surface area (Å²) in [6.07, 6.45) is -0.473. The molecule has 100 valence electrons. The maximum absolute atomic E-state index is 14.0. The highest BCUT2D eigenvalue weighted by molar-refractivity contribution is 7.17. The predicted octanol–water partition coefficient (Wildman–Crippen LogP) is 3.70. The van der Waals surface area contributed by atoms with Crippen molar-refractivity contribution in [2.24, 2.45) is 11.8 Å². The summed E-state index contributed by atoms with van der Waals surface area (Å²) in [6, 6.07) is 0. The lowest BCUT2D eigenvalue weighted by atomic mass is 9.71. The average molecular weight is 284 g/mol. The van der Waals surface area contributed by atoms with E-state index >= 15 is 0 Å². The Balaban J connectivity index is 2.02. The molecular weight excluding hydrogens is 263 g/mol. The van der Waals surface area contributed by atoms with E-state index in [1.807, 2.05) is 0 Å². The van der Waals surface area contributed by atoms with Gasteiger partial charge in [0, 0.05) is 5.66 Å². The fraction of sp³-hybridized carbons (Fsp3) is 1.00. The number of halogens is 3. The third-order valence-corrected chi connectivity index (χ3v) is 5.68. The molecule has 2 aliphatic rings. The summed E-state index contributed by atoms with van der Waals surface area (Å²) in [6.45, 7) is 0. The second-order valence-electron chi connectivity index (χ2n) is 5.55. The molecule has 0 aromatic carbocycles.